The van der Waals surface area contributed by atoms with Crippen molar-refractivity contribution in [2.24, 2.45) is 5.73 Å². The van der Waals surface area contributed by atoms with E-state index in [-0.39, 0.29) is 41.1 Å². The molecule has 0 spiro atoms. The average molecular weight is 410 g/mol. The molecule has 1 rings (SSSR count). The molecule has 0 saturated heterocycles. The van der Waals surface area contributed by atoms with Crippen LogP contribution in [-0.2, 0) is 16.5 Å². The van der Waals surface area contributed by atoms with Crippen LogP contribution in [0.25, 0.3) is 0 Å². The molecular weight excluding hydrogens is 373 g/mol. The van der Waals surface area contributed by atoms with E-state index in [4.69, 9.17) is 10.8 Å². The average Bonchev–Trinajstić information content (AvgIpc) is 2.63. The SMILES string of the molecule is CCCCCCCCCCCCc1ccccc1S(=O)(=O)[O-].NCCO.[Na+]. The van der Waals surface area contributed by atoms with E-state index in [2.05, 4.69) is 6.92 Å². The Morgan fingerprint density at radius 1 is 0.926 bits per heavy atom. The number of hydrogen-bond acceptors (Lipinski definition) is 5. The zero-order valence-corrected chi connectivity index (χ0v) is 20.0. The maximum atomic E-state index is 11.2. The minimum Gasteiger partial charge on any atom is -0.744 e. The van der Waals surface area contributed by atoms with E-state index in [9.17, 15) is 13.0 Å². The molecule has 0 saturated carbocycles. The topological polar surface area (TPSA) is 103 Å². The van der Waals surface area contributed by atoms with Crippen LogP contribution in [0.5, 0.6) is 0 Å². The molecule has 0 aliphatic carbocycles. The van der Waals surface area contributed by atoms with Gasteiger partial charge < -0.3 is 15.4 Å². The number of aryl methyl sites for hydroxylation is 1. The molecule has 0 fully saturated rings. The van der Waals surface area contributed by atoms with Crippen molar-refractivity contribution in [3.8, 4) is 0 Å². The van der Waals surface area contributed by atoms with Crippen LogP contribution in [0.2, 0.25) is 0 Å². The summed E-state index contributed by atoms with van der Waals surface area (Å²) < 4.78 is 33.5. The van der Waals surface area contributed by atoms with E-state index >= 15 is 0 Å². The molecule has 0 unspecified atom stereocenters. The third-order valence-electron chi connectivity index (χ3n) is 4.17. The van der Waals surface area contributed by atoms with E-state index in [0.717, 1.165) is 12.8 Å². The van der Waals surface area contributed by atoms with Gasteiger partial charge in [0.2, 0.25) is 0 Å². The number of aliphatic hydroxyl groups is 1. The standard InChI is InChI=1S/C18H30O3S.C2H7NO.Na/c1-2-3-4-5-6-7-8-9-10-11-14-17-15-12-13-16-18(17)22(19,20)21;3-1-2-4;/h12-13,15-16H,2-11,14H2,1H3,(H,19,20,21);4H,1-3H2;/q;;+1/p-1. The summed E-state index contributed by atoms with van der Waals surface area (Å²) in [5.41, 5.74) is 5.44. The fourth-order valence-electron chi connectivity index (χ4n) is 2.76. The van der Waals surface area contributed by atoms with Crippen LogP contribution in [-0.4, -0.2) is 31.2 Å². The van der Waals surface area contributed by atoms with Crippen molar-refractivity contribution in [1.82, 2.24) is 0 Å². The smallest absolute Gasteiger partial charge is 0.744 e. The molecule has 3 N–H and O–H groups in total. The second-order valence-corrected chi connectivity index (χ2v) is 7.85. The monoisotopic (exact) mass is 409 g/mol. The predicted octanol–water partition coefficient (Wildman–Crippen LogP) is 0.996. The van der Waals surface area contributed by atoms with E-state index in [0.29, 0.717) is 18.5 Å². The summed E-state index contributed by atoms with van der Waals surface area (Å²) in [6.07, 6.45) is 13.2. The summed E-state index contributed by atoms with van der Waals surface area (Å²) in [6.45, 7) is 2.70. The first-order chi connectivity index (χ1) is 12.5. The second-order valence-electron chi connectivity index (χ2n) is 6.51. The minimum atomic E-state index is -4.35. The van der Waals surface area contributed by atoms with Crippen LogP contribution in [0.1, 0.15) is 76.7 Å². The van der Waals surface area contributed by atoms with Crippen molar-refractivity contribution in [2.75, 3.05) is 13.2 Å². The van der Waals surface area contributed by atoms with Gasteiger partial charge in [-0.15, -0.1) is 0 Å². The molecule has 5 nitrogen and oxygen atoms in total. The molecular formula is C20H36NNaO4S. The van der Waals surface area contributed by atoms with Gasteiger partial charge in [0.25, 0.3) is 0 Å². The molecule has 0 aliphatic heterocycles. The van der Waals surface area contributed by atoms with Crippen LogP contribution < -0.4 is 35.3 Å². The molecule has 0 amide bonds. The van der Waals surface area contributed by atoms with Crippen molar-refractivity contribution >= 4 is 10.1 Å². The first kappa shape index (κ1) is 29.3. The Labute approximate surface area is 188 Å². The van der Waals surface area contributed by atoms with Gasteiger partial charge in [-0.25, -0.2) is 8.42 Å². The van der Waals surface area contributed by atoms with Crippen LogP contribution in [0.15, 0.2) is 29.2 Å². The Kier molecular flexibility index (Phi) is 21.0. The van der Waals surface area contributed by atoms with Crippen molar-refractivity contribution in [3.05, 3.63) is 29.8 Å². The van der Waals surface area contributed by atoms with Gasteiger partial charge >= 0.3 is 29.6 Å². The quantitative estimate of drug-likeness (QED) is 0.287. The number of hydrogen-bond donors (Lipinski definition) is 2. The van der Waals surface area contributed by atoms with E-state index in [1.54, 1.807) is 18.2 Å². The van der Waals surface area contributed by atoms with Gasteiger partial charge in [0.15, 0.2) is 0 Å². The number of rotatable bonds is 13. The molecule has 1 aromatic carbocycles. The number of aliphatic hydroxyl groups excluding tert-OH is 1. The minimum absolute atomic E-state index is 0. The Balaban J connectivity index is 0. The van der Waals surface area contributed by atoms with Gasteiger partial charge in [0.05, 0.1) is 11.5 Å². The van der Waals surface area contributed by atoms with Gasteiger partial charge in [-0.1, -0.05) is 82.9 Å². The Hall–Kier alpha value is 0.0500. The Morgan fingerprint density at radius 3 is 1.81 bits per heavy atom. The molecule has 0 aliphatic rings. The number of unbranched alkanes of at least 4 members (excludes halogenated alkanes) is 9. The van der Waals surface area contributed by atoms with E-state index in [1.807, 2.05) is 0 Å². The predicted molar refractivity (Wildman–Crippen MR) is 106 cm³/mol. The first-order valence-corrected chi connectivity index (χ1v) is 11.2. The molecule has 0 radical (unpaired) electrons. The van der Waals surface area contributed by atoms with Crippen molar-refractivity contribution < 1.29 is 47.6 Å². The summed E-state index contributed by atoms with van der Waals surface area (Å²) in [5.74, 6) is 0. The molecule has 0 heterocycles. The summed E-state index contributed by atoms with van der Waals surface area (Å²) >= 11 is 0. The third kappa shape index (κ3) is 16.7. The Bertz CT molecular complexity index is 551. The zero-order chi connectivity index (χ0) is 19.7. The second kappa shape index (κ2) is 19.4. The van der Waals surface area contributed by atoms with Crippen LogP contribution in [0.4, 0.5) is 0 Å². The molecule has 7 heteroatoms. The van der Waals surface area contributed by atoms with Crippen LogP contribution in [0, 0.1) is 0 Å². The van der Waals surface area contributed by atoms with Crippen LogP contribution >= 0.6 is 0 Å². The third-order valence-corrected chi connectivity index (χ3v) is 5.11. The fraction of sp³-hybridized carbons (Fsp3) is 0.700. The first-order valence-electron chi connectivity index (χ1n) is 9.82. The van der Waals surface area contributed by atoms with E-state index < -0.39 is 10.1 Å². The summed E-state index contributed by atoms with van der Waals surface area (Å²) in [6, 6.07) is 6.56. The molecule has 27 heavy (non-hydrogen) atoms. The molecule has 0 atom stereocenters. The molecule has 0 aromatic heterocycles. The fourth-order valence-corrected chi connectivity index (χ4v) is 3.49. The van der Waals surface area contributed by atoms with Crippen molar-refractivity contribution in [3.63, 3.8) is 0 Å². The van der Waals surface area contributed by atoms with Crippen LogP contribution in [0.3, 0.4) is 0 Å². The van der Waals surface area contributed by atoms with E-state index in [1.165, 1.54) is 57.4 Å². The van der Waals surface area contributed by atoms with Gasteiger partial charge in [-0.2, -0.15) is 0 Å². The molecule has 0 bridgehead atoms. The maximum Gasteiger partial charge on any atom is 1.00 e. The Morgan fingerprint density at radius 2 is 1.37 bits per heavy atom. The van der Waals surface area contributed by atoms with Gasteiger partial charge in [-0.05, 0) is 24.5 Å². The summed E-state index contributed by atoms with van der Waals surface area (Å²) in [5, 5.41) is 7.75. The maximum absolute atomic E-state index is 11.2. The summed E-state index contributed by atoms with van der Waals surface area (Å²) in [4.78, 5) is -0.0501. The van der Waals surface area contributed by atoms with Crippen molar-refractivity contribution in [1.29, 1.82) is 0 Å². The van der Waals surface area contributed by atoms with Gasteiger partial charge in [-0.3, -0.25) is 0 Å². The number of benzene rings is 1. The molecule has 1 aromatic rings. The summed E-state index contributed by atoms with van der Waals surface area (Å²) in [7, 11) is -4.35. The number of nitrogens with two attached hydrogens (primary N) is 1. The molecule has 152 valence electrons. The normalized spacial score (nSPS) is 10.7. The largest absolute Gasteiger partial charge is 1.00 e. The van der Waals surface area contributed by atoms with Gasteiger partial charge in [0.1, 0.15) is 10.1 Å². The van der Waals surface area contributed by atoms with Crippen molar-refractivity contribution in [2.45, 2.75) is 82.4 Å². The van der Waals surface area contributed by atoms with Gasteiger partial charge in [0, 0.05) is 6.54 Å². The zero-order valence-electron chi connectivity index (χ0n) is 17.2.